The molecule has 4 heteroatoms. The van der Waals surface area contributed by atoms with E-state index in [1.54, 1.807) is 12.5 Å². The van der Waals surface area contributed by atoms with Gasteiger partial charge in [0.1, 0.15) is 11.4 Å². The molecule has 0 atom stereocenters. The van der Waals surface area contributed by atoms with Crippen LogP contribution in [0.15, 0.2) is 82.0 Å². The molecule has 0 aromatic carbocycles. The Bertz CT molecular complexity index is 821. The largest absolute Gasteiger partial charge is 0.463 e. The molecule has 0 N–H and O–H groups in total. The van der Waals surface area contributed by atoms with Crippen LogP contribution in [0, 0.1) is 0 Å². The second-order valence-corrected chi connectivity index (χ2v) is 5.16. The van der Waals surface area contributed by atoms with Crippen molar-refractivity contribution in [3.63, 3.8) is 0 Å². The summed E-state index contributed by atoms with van der Waals surface area (Å²) < 4.78 is 10.8. The number of pyridine rings is 2. The van der Waals surface area contributed by atoms with E-state index in [9.17, 15) is 0 Å². The second-order valence-electron chi connectivity index (χ2n) is 5.16. The summed E-state index contributed by atoms with van der Waals surface area (Å²) in [4.78, 5) is 9.29. The van der Waals surface area contributed by atoms with Gasteiger partial charge < -0.3 is 8.83 Å². The summed E-state index contributed by atoms with van der Waals surface area (Å²) in [6.45, 7) is 0. The quantitative estimate of drug-likeness (QED) is 0.553. The predicted octanol–water partition coefficient (Wildman–Crippen LogP) is 4.59. The SMILES string of the molecule is c1cc(Cc2cccc(-c3ccco3)n2)nc(-c2ccco2)c1. The molecule has 0 radical (unpaired) electrons. The number of hydrogen-bond acceptors (Lipinski definition) is 4. The first-order valence-corrected chi connectivity index (χ1v) is 7.38. The van der Waals surface area contributed by atoms with Gasteiger partial charge in [-0.15, -0.1) is 0 Å². The van der Waals surface area contributed by atoms with Crippen LogP contribution >= 0.6 is 0 Å². The van der Waals surface area contributed by atoms with Crippen LogP contribution in [0.3, 0.4) is 0 Å². The smallest absolute Gasteiger partial charge is 0.152 e. The van der Waals surface area contributed by atoms with Gasteiger partial charge in [-0.2, -0.15) is 0 Å². The maximum Gasteiger partial charge on any atom is 0.152 e. The molecule has 112 valence electrons. The minimum atomic E-state index is 0.656. The molecular formula is C19H14N2O2. The molecule has 23 heavy (non-hydrogen) atoms. The third-order valence-corrected chi connectivity index (χ3v) is 3.52. The van der Waals surface area contributed by atoms with Crippen LogP contribution in [0.4, 0.5) is 0 Å². The summed E-state index contributed by atoms with van der Waals surface area (Å²) in [6, 6.07) is 19.4. The highest BCUT2D eigenvalue weighted by molar-refractivity contribution is 5.53. The second kappa shape index (κ2) is 5.93. The Hall–Kier alpha value is -3.14. The fourth-order valence-electron chi connectivity index (χ4n) is 2.46. The lowest BCUT2D eigenvalue weighted by Gasteiger charge is -2.04. The summed E-state index contributed by atoms with van der Waals surface area (Å²) in [7, 11) is 0. The van der Waals surface area contributed by atoms with E-state index in [0.29, 0.717) is 6.42 Å². The van der Waals surface area contributed by atoms with E-state index < -0.39 is 0 Å². The first-order valence-electron chi connectivity index (χ1n) is 7.38. The van der Waals surface area contributed by atoms with E-state index in [-0.39, 0.29) is 0 Å². The number of rotatable bonds is 4. The van der Waals surface area contributed by atoms with E-state index in [1.807, 2.05) is 60.7 Å². The lowest BCUT2D eigenvalue weighted by molar-refractivity contribution is 0.579. The molecule has 0 fully saturated rings. The molecule has 0 bridgehead atoms. The lowest BCUT2D eigenvalue weighted by Crippen LogP contribution is -1.97. The average Bonchev–Trinajstić information content (AvgIpc) is 3.29. The molecule has 4 nitrogen and oxygen atoms in total. The molecule has 0 saturated heterocycles. The molecule has 0 aliphatic heterocycles. The zero-order chi connectivity index (χ0) is 15.5. The number of nitrogens with zero attached hydrogens (tertiary/aromatic N) is 2. The van der Waals surface area contributed by atoms with Gasteiger partial charge in [0, 0.05) is 17.8 Å². The van der Waals surface area contributed by atoms with Crippen LogP contribution in [0.5, 0.6) is 0 Å². The summed E-state index contributed by atoms with van der Waals surface area (Å²) in [5, 5.41) is 0. The number of hydrogen-bond donors (Lipinski definition) is 0. The van der Waals surface area contributed by atoms with Crippen molar-refractivity contribution in [3.8, 4) is 22.9 Å². The normalized spacial score (nSPS) is 10.8. The van der Waals surface area contributed by atoms with Crippen molar-refractivity contribution in [2.75, 3.05) is 0 Å². The first kappa shape index (κ1) is 13.5. The van der Waals surface area contributed by atoms with Gasteiger partial charge in [0.2, 0.25) is 0 Å². The van der Waals surface area contributed by atoms with Crippen LogP contribution < -0.4 is 0 Å². The van der Waals surface area contributed by atoms with Gasteiger partial charge >= 0.3 is 0 Å². The Labute approximate surface area is 133 Å². The molecule has 0 aliphatic carbocycles. The van der Waals surface area contributed by atoms with Gasteiger partial charge in [-0.05, 0) is 48.5 Å². The summed E-state index contributed by atoms with van der Waals surface area (Å²) in [6.07, 6.45) is 3.96. The maximum atomic E-state index is 5.40. The molecule has 0 amide bonds. The lowest BCUT2D eigenvalue weighted by atomic mass is 10.1. The summed E-state index contributed by atoms with van der Waals surface area (Å²) in [5.41, 5.74) is 3.55. The Kier molecular flexibility index (Phi) is 3.48. The zero-order valence-corrected chi connectivity index (χ0v) is 12.3. The third kappa shape index (κ3) is 2.92. The van der Waals surface area contributed by atoms with Crippen LogP contribution in [0.1, 0.15) is 11.4 Å². The van der Waals surface area contributed by atoms with E-state index >= 15 is 0 Å². The molecule has 4 aromatic heterocycles. The van der Waals surface area contributed by atoms with Crippen LogP contribution in [-0.4, -0.2) is 9.97 Å². The fourth-order valence-corrected chi connectivity index (χ4v) is 2.46. The average molecular weight is 302 g/mol. The Balaban J connectivity index is 1.61. The predicted molar refractivity (Wildman–Crippen MR) is 86.7 cm³/mol. The minimum absolute atomic E-state index is 0.656. The van der Waals surface area contributed by atoms with Crippen molar-refractivity contribution >= 4 is 0 Å². The van der Waals surface area contributed by atoms with Crippen molar-refractivity contribution < 1.29 is 8.83 Å². The van der Waals surface area contributed by atoms with Gasteiger partial charge in [0.05, 0.1) is 12.5 Å². The first-order chi connectivity index (χ1) is 11.4. The van der Waals surface area contributed by atoms with Crippen molar-refractivity contribution in [2.24, 2.45) is 0 Å². The van der Waals surface area contributed by atoms with Crippen molar-refractivity contribution in [1.82, 2.24) is 9.97 Å². The van der Waals surface area contributed by atoms with Crippen molar-refractivity contribution in [1.29, 1.82) is 0 Å². The Morgan fingerprint density at radius 3 is 1.57 bits per heavy atom. The zero-order valence-electron chi connectivity index (χ0n) is 12.3. The number of furan rings is 2. The highest BCUT2D eigenvalue weighted by Gasteiger charge is 2.07. The highest BCUT2D eigenvalue weighted by atomic mass is 16.3. The van der Waals surface area contributed by atoms with Gasteiger partial charge in [0.15, 0.2) is 11.5 Å². The fraction of sp³-hybridized carbons (Fsp3) is 0.0526. The summed E-state index contributed by atoms with van der Waals surface area (Å²) in [5.74, 6) is 1.54. The maximum absolute atomic E-state index is 5.40. The molecule has 0 unspecified atom stereocenters. The topological polar surface area (TPSA) is 52.1 Å². The summed E-state index contributed by atoms with van der Waals surface area (Å²) >= 11 is 0. The molecule has 4 aromatic rings. The Morgan fingerprint density at radius 2 is 1.13 bits per heavy atom. The van der Waals surface area contributed by atoms with Gasteiger partial charge in [-0.1, -0.05) is 12.1 Å². The van der Waals surface area contributed by atoms with Gasteiger partial charge in [0.25, 0.3) is 0 Å². The van der Waals surface area contributed by atoms with Crippen LogP contribution in [0.2, 0.25) is 0 Å². The van der Waals surface area contributed by atoms with E-state index in [1.165, 1.54) is 0 Å². The minimum Gasteiger partial charge on any atom is -0.463 e. The van der Waals surface area contributed by atoms with Crippen LogP contribution in [0.25, 0.3) is 22.9 Å². The highest BCUT2D eigenvalue weighted by Crippen LogP contribution is 2.20. The number of aromatic nitrogens is 2. The van der Waals surface area contributed by atoms with E-state index in [0.717, 1.165) is 34.3 Å². The molecule has 0 spiro atoms. The monoisotopic (exact) mass is 302 g/mol. The standard InChI is InChI=1S/C19H14N2O2/c1-5-14(20-16(7-1)18-9-3-11-22-18)13-15-6-2-8-17(21-15)19-10-4-12-23-19/h1-12H,13H2. The molecule has 4 heterocycles. The van der Waals surface area contributed by atoms with E-state index in [4.69, 9.17) is 8.83 Å². The Morgan fingerprint density at radius 1 is 0.609 bits per heavy atom. The van der Waals surface area contributed by atoms with E-state index in [2.05, 4.69) is 9.97 Å². The van der Waals surface area contributed by atoms with Crippen LogP contribution in [-0.2, 0) is 6.42 Å². The van der Waals surface area contributed by atoms with Crippen molar-refractivity contribution in [3.05, 3.63) is 84.6 Å². The van der Waals surface area contributed by atoms with Crippen molar-refractivity contribution in [2.45, 2.75) is 6.42 Å². The molecule has 0 aliphatic rings. The van der Waals surface area contributed by atoms with Gasteiger partial charge in [-0.3, -0.25) is 0 Å². The van der Waals surface area contributed by atoms with Gasteiger partial charge in [-0.25, -0.2) is 9.97 Å². The molecule has 0 saturated carbocycles. The third-order valence-electron chi connectivity index (χ3n) is 3.52. The molecular weight excluding hydrogens is 288 g/mol. The molecule has 4 rings (SSSR count).